The maximum Gasteiger partial charge on any atom is 0.387 e. The van der Waals surface area contributed by atoms with E-state index in [0.29, 0.717) is 0 Å². The fourth-order valence-electron chi connectivity index (χ4n) is 0.766. The van der Waals surface area contributed by atoms with Gasteiger partial charge in [0.15, 0.2) is 0 Å². The van der Waals surface area contributed by atoms with E-state index in [-0.39, 0.29) is 21.5 Å². The van der Waals surface area contributed by atoms with Gasteiger partial charge < -0.3 is 10.5 Å². The van der Waals surface area contributed by atoms with Crippen molar-refractivity contribution in [3.63, 3.8) is 0 Å². The number of rotatable bonds is 2. The first-order chi connectivity index (χ1) is 6.00. The molecule has 0 spiro atoms. The van der Waals surface area contributed by atoms with Crippen LogP contribution in [0.15, 0.2) is 12.1 Å². The topological polar surface area (TPSA) is 35.2 Å². The molecule has 0 aromatic heterocycles. The highest BCUT2D eigenvalue weighted by atomic mass is 35.5. The van der Waals surface area contributed by atoms with Gasteiger partial charge in [-0.15, -0.1) is 0 Å². The predicted octanol–water partition coefficient (Wildman–Crippen LogP) is 3.18. The zero-order chi connectivity index (χ0) is 10.0. The van der Waals surface area contributed by atoms with E-state index in [1.807, 2.05) is 0 Å². The van der Waals surface area contributed by atoms with Gasteiger partial charge in [0.05, 0.1) is 5.02 Å². The summed E-state index contributed by atoms with van der Waals surface area (Å²) in [5, 5.41) is 0.00785. The minimum Gasteiger partial charge on any atom is -0.433 e. The molecule has 2 N–H and O–H groups in total. The van der Waals surface area contributed by atoms with Crippen LogP contribution in [0.3, 0.4) is 0 Å². The van der Waals surface area contributed by atoms with Crippen LogP contribution in [0, 0.1) is 0 Å². The first-order valence-electron chi connectivity index (χ1n) is 3.20. The standard InChI is InChI=1S/C7H5Cl2F2NO/c8-4-1-3(12)2-5(6(4)9)13-7(10)11/h1-2,7H,12H2. The molecule has 0 unspecified atom stereocenters. The van der Waals surface area contributed by atoms with Crippen molar-refractivity contribution < 1.29 is 13.5 Å². The summed E-state index contributed by atoms with van der Waals surface area (Å²) in [6.45, 7) is -2.95. The van der Waals surface area contributed by atoms with Crippen molar-refractivity contribution in [2.75, 3.05) is 5.73 Å². The second-order valence-corrected chi connectivity index (χ2v) is 2.98. The van der Waals surface area contributed by atoms with Gasteiger partial charge in [-0.25, -0.2) is 0 Å². The summed E-state index contributed by atoms with van der Waals surface area (Å²) in [5.41, 5.74) is 5.55. The SMILES string of the molecule is Nc1cc(Cl)c(Cl)c(OC(F)F)c1. The van der Waals surface area contributed by atoms with Gasteiger partial charge in [-0.3, -0.25) is 0 Å². The Morgan fingerprint density at radius 3 is 2.46 bits per heavy atom. The minimum atomic E-state index is -2.95. The van der Waals surface area contributed by atoms with Gasteiger partial charge in [-0.2, -0.15) is 8.78 Å². The quantitative estimate of drug-likeness (QED) is 0.789. The average molecular weight is 228 g/mol. The molecule has 0 aliphatic carbocycles. The Bertz CT molecular complexity index is 320. The number of halogens is 4. The fourth-order valence-corrected chi connectivity index (χ4v) is 1.14. The molecule has 0 radical (unpaired) electrons. The predicted molar refractivity (Wildman–Crippen MR) is 47.5 cm³/mol. The molecule has 13 heavy (non-hydrogen) atoms. The van der Waals surface area contributed by atoms with E-state index in [2.05, 4.69) is 4.74 Å². The number of ether oxygens (including phenoxy) is 1. The summed E-state index contributed by atoms with van der Waals surface area (Å²) in [7, 11) is 0. The largest absolute Gasteiger partial charge is 0.433 e. The van der Waals surface area contributed by atoms with Crippen LogP contribution in [0.2, 0.25) is 10.0 Å². The summed E-state index contributed by atoms with van der Waals surface area (Å²) in [5.74, 6) is -0.221. The fraction of sp³-hybridized carbons (Fsp3) is 0.143. The molecule has 0 saturated carbocycles. The number of alkyl halides is 2. The van der Waals surface area contributed by atoms with Crippen molar-refractivity contribution in [3.8, 4) is 5.75 Å². The molecule has 0 bridgehead atoms. The van der Waals surface area contributed by atoms with Gasteiger partial charge in [0.2, 0.25) is 0 Å². The molecule has 0 amide bonds. The van der Waals surface area contributed by atoms with E-state index >= 15 is 0 Å². The Labute approximate surface area is 83.2 Å². The van der Waals surface area contributed by atoms with Crippen LogP contribution >= 0.6 is 23.2 Å². The smallest absolute Gasteiger partial charge is 0.387 e. The Morgan fingerprint density at radius 1 is 1.31 bits per heavy atom. The molecule has 6 heteroatoms. The van der Waals surface area contributed by atoms with Crippen molar-refractivity contribution >= 4 is 28.9 Å². The number of nitrogens with two attached hydrogens (primary N) is 1. The molecule has 1 aromatic carbocycles. The monoisotopic (exact) mass is 227 g/mol. The van der Waals surface area contributed by atoms with Crippen molar-refractivity contribution in [1.29, 1.82) is 0 Å². The van der Waals surface area contributed by atoms with Gasteiger partial charge in [-0.1, -0.05) is 23.2 Å². The molecule has 72 valence electrons. The Hall–Kier alpha value is -0.740. The number of nitrogen functional groups attached to an aromatic ring is 1. The minimum absolute atomic E-state index is 0.0730. The van der Waals surface area contributed by atoms with E-state index in [0.717, 1.165) is 0 Å². The molecule has 2 nitrogen and oxygen atoms in total. The zero-order valence-corrected chi connectivity index (χ0v) is 7.74. The molecule has 0 atom stereocenters. The molecular formula is C7H5Cl2F2NO. The van der Waals surface area contributed by atoms with E-state index in [9.17, 15) is 8.78 Å². The van der Waals surface area contributed by atoms with Crippen molar-refractivity contribution in [2.24, 2.45) is 0 Å². The summed E-state index contributed by atoms with van der Waals surface area (Å²) >= 11 is 11.1. The Morgan fingerprint density at radius 2 is 1.92 bits per heavy atom. The highest BCUT2D eigenvalue weighted by Crippen LogP contribution is 2.35. The summed E-state index contributed by atoms with van der Waals surface area (Å²) in [6, 6.07) is 2.53. The van der Waals surface area contributed by atoms with Crippen LogP contribution in [-0.2, 0) is 0 Å². The van der Waals surface area contributed by atoms with E-state index < -0.39 is 6.61 Å². The Kier molecular flexibility index (Phi) is 3.17. The summed E-state index contributed by atoms with van der Waals surface area (Å²) in [6.07, 6.45) is 0. The molecule has 0 heterocycles. The summed E-state index contributed by atoms with van der Waals surface area (Å²) < 4.78 is 27.7. The molecule has 1 rings (SSSR count). The number of hydrogen-bond donors (Lipinski definition) is 1. The second kappa shape index (κ2) is 3.98. The van der Waals surface area contributed by atoms with Crippen LogP contribution in [0.4, 0.5) is 14.5 Å². The average Bonchev–Trinajstić information content (AvgIpc) is 1.98. The maximum atomic E-state index is 11.8. The van der Waals surface area contributed by atoms with E-state index in [4.69, 9.17) is 28.9 Å². The lowest BCUT2D eigenvalue weighted by molar-refractivity contribution is -0.0497. The third kappa shape index (κ3) is 2.60. The lowest BCUT2D eigenvalue weighted by atomic mass is 10.3. The molecule has 0 saturated heterocycles. The number of anilines is 1. The first kappa shape index (κ1) is 10.3. The maximum absolute atomic E-state index is 11.8. The van der Waals surface area contributed by atoms with Gasteiger partial charge in [0.25, 0.3) is 0 Å². The van der Waals surface area contributed by atoms with E-state index in [1.54, 1.807) is 0 Å². The van der Waals surface area contributed by atoms with Crippen LogP contribution in [0.25, 0.3) is 0 Å². The van der Waals surface area contributed by atoms with Crippen molar-refractivity contribution in [2.45, 2.75) is 6.61 Å². The molecule has 1 aromatic rings. The first-order valence-corrected chi connectivity index (χ1v) is 3.95. The van der Waals surface area contributed by atoms with Crippen LogP contribution < -0.4 is 10.5 Å². The number of hydrogen-bond acceptors (Lipinski definition) is 2. The third-order valence-corrected chi connectivity index (χ3v) is 2.02. The highest BCUT2D eigenvalue weighted by Gasteiger charge is 2.11. The lowest BCUT2D eigenvalue weighted by Crippen LogP contribution is -2.03. The van der Waals surface area contributed by atoms with Crippen molar-refractivity contribution in [1.82, 2.24) is 0 Å². The second-order valence-electron chi connectivity index (χ2n) is 2.19. The zero-order valence-electron chi connectivity index (χ0n) is 6.23. The molecular weight excluding hydrogens is 223 g/mol. The van der Waals surface area contributed by atoms with Gasteiger partial charge in [0.1, 0.15) is 10.8 Å². The molecule has 0 fully saturated rings. The van der Waals surface area contributed by atoms with Crippen molar-refractivity contribution in [3.05, 3.63) is 22.2 Å². The Balaban J connectivity index is 3.05. The third-order valence-electron chi connectivity index (χ3n) is 1.23. The normalized spacial score (nSPS) is 10.5. The highest BCUT2D eigenvalue weighted by molar-refractivity contribution is 6.43. The number of benzene rings is 1. The molecule has 0 aliphatic rings. The lowest BCUT2D eigenvalue weighted by Gasteiger charge is -2.08. The van der Waals surface area contributed by atoms with Gasteiger partial charge in [-0.05, 0) is 6.07 Å². The van der Waals surface area contributed by atoms with Gasteiger partial charge in [0, 0.05) is 11.8 Å². The molecule has 0 aliphatic heterocycles. The van der Waals surface area contributed by atoms with E-state index in [1.165, 1.54) is 12.1 Å². The van der Waals surface area contributed by atoms with Gasteiger partial charge >= 0.3 is 6.61 Å². The van der Waals surface area contributed by atoms with Crippen LogP contribution in [0.5, 0.6) is 5.75 Å². The van der Waals surface area contributed by atoms with Crippen LogP contribution in [0.1, 0.15) is 0 Å². The van der Waals surface area contributed by atoms with Crippen LogP contribution in [-0.4, -0.2) is 6.61 Å². The summed E-state index contributed by atoms with van der Waals surface area (Å²) in [4.78, 5) is 0.